The van der Waals surface area contributed by atoms with Gasteiger partial charge in [0.15, 0.2) is 0 Å². The highest BCUT2D eigenvalue weighted by Crippen LogP contribution is 2.24. The molecule has 1 unspecified atom stereocenters. The van der Waals surface area contributed by atoms with Crippen molar-refractivity contribution < 1.29 is 0 Å². The van der Waals surface area contributed by atoms with Gasteiger partial charge in [-0.15, -0.1) is 11.3 Å². The van der Waals surface area contributed by atoms with E-state index in [1.165, 1.54) is 8.66 Å². The fraction of sp³-hybridized carbons (Fsp3) is 0.636. The molecule has 5 heteroatoms. The Balaban J connectivity index is 1.97. The molecule has 3 nitrogen and oxygen atoms in total. The summed E-state index contributed by atoms with van der Waals surface area (Å²) in [5.41, 5.74) is 5.84. The van der Waals surface area contributed by atoms with E-state index in [9.17, 15) is 0 Å². The predicted octanol–water partition coefficient (Wildman–Crippen LogP) is 1.59. The van der Waals surface area contributed by atoms with E-state index in [1.54, 1.807) is 0 Å². The quantitative estimate of drug-likeness (QED) is 0.920. The number of nitrogens with zero attached hydrogens (tertiary/aromatic N) is 2. The Morgan fingerprint density at radius 2 is 2.31 bits per heavy atom. The first-order valence-corrected chi connectivity index (χ1v) is 7.17. The van der Waals surface area contributed by atoms with Crippen LogP contribution in [0.5, 0.6) is 0 Å². The van der Waals surface area contributed by atoms with Crippen LogP contribution in [0.3, 0.4) is 0 Å². The summed E-state index contributed by atoms with van der Waals surface area (Å²) < 4.78 is 1.21. The molecule has 0 bridgehead atoms. The number of halogens is 1. The Morgan fingerprint density at radius 1 is 1.50 bits per heavy atom. The van der Waals surface area contributed by atoms with Gasteiger partial charge in [-0.2, -0.15) is 0 Å². The van der Waals surface area contributed by atoms with Crippen LogP contribution >= 0.6 is 27.3 Å². The summed E-state index contributed by atoms with van der Waals surface area (Å²) in [5, 5.41) is 0. The summed E-state index contributed by atoms with van der Waals surface area (Å²) in [6, 6.07) is 4.81. The fourth-order valence-corrected chi connectivity index (χ4v) is 3.63. The molecule has 1 fully saturated rings. The van der Waals surface area contributed by atoms with Gasteiger partial charge in [-0.05, 0) is 35.1 Å². The molecular formula is C11H18BrN3S. The lowest BCUT2D eigenvalue weighted by Crippen LogP contribution is -2.54. The van der Waals surface area contributed by atoms with E-state index in [2.05, 4.69) is 44.9 Å². The Kier molecular flexibility index (Phi) is 4.38. The summed E-state index contributed by atoms with van der Waals surface area (Å²) in [6.07, 6.45) is 0. The summed E-state index contributed by atoms with van der Waals surface area (Å²) in [6.45, 7) is 5.13. The minimum Gasteiger partial charge on any atom is -0.329 e. The monoisotopic (exact) mass is 303 g/mol. The van der Waals surface area contributed by atoms with Crippen LogP contribution in [0.2, 0.25) is 0 Å². The molecule has 0 aromatic carbocycles. The Bertz CT molecular complexity index is 342. The van der Waals surface area contributed by atoms with Gasteiger partial charge in [-0.3, -0.25) is 4.90 Å². The van der Waals surface area contributed by atoms with Gasteiger partial charge in [-0.25, -0.2) is 0 Å². The zero-order chi connectivity index (χ0) is 11.5. The van der Waals surface area contributed by atoms with Crippen molar-refractivity contribution in [2.45, 2.75) is 12.6 Å². The smallest absolute Gasteiger partial charge is 0.0701 e. The fourth-order valence-electron chi connectivity index (χ4n) is 2.12. The van der Waals surface area contributed by atoms with Crippen molar-refractivity contribution in [1.82, 2.24) is 9.80 Å². The van der Waals surface area contributed by atoms with Crippen molar-refractivity contribution >= 4 is 27.3 Å². The molecule has 90 valence electrons. The highest BCUT2D eigenvalue weighted by atomic mass is 79.9. The van der Waals surface area contributed by atoms with E-state index < -0.39 is 0 Å². The molecule has 2 N–H and O–H groups in total. The number of hydrogen-bond acceptors (Lipinski definition) is 4. The van der Waals surface area contributed by atoms with E-state index in [0.717, 1.165) is 32.7 Å². The highest BCUT2D eigenvalue weighted by Gasteiger charge is 2.24. The van der Waals surface area contributed by atoms with Crippen molar-refractivity contribution in [3.63, 3.8) is 0 Å². The van der Waals surface area contributed by atoms with Gasteiger partial charge in [0.2, 0.25) is 0 Å². The molecule has 0 saturated carbocycles. The standard InChI is InChI=1S/C11H18BrN3S/c1-14-4-5-15(9(6-13)7-14)8-10-2-3-11(12)16-10/h2-3,9H,4-8,13H2,1H3. The third kappa shape index (κ3) is 3.05. The first-order chi connectivity index (χ1) is 7.69. The maximum Gasteiger partial charge on any atom is 0.0701 e. The van der Waals surface area contributed by atoms with Gasteiger partial charge >= 0.3 is 0 Å². The lowest BCUT2D eigenvalue weighted by molar-refractivity contribution is 0.0890. The Morgan fingerprint density at radius 3 is 2.94 bits per heavy atom. The van der Waals surface area contributed by atoms with Crippen molar-refractivity contribution in [3.05, 3.63) is 20.8 Å². The van der Waals surface area contributed by atoms with Gasteiger partial charge in [-0.1, -0.05) is 0 Å². The first kappa shape index (κ1) is 12.5. The second-order valence-corrected chi connectivity index (χ2v) is 6.88. The zero-order valence-electron chi connectivity index (χ0n) is 9.53. The van der Waals surface area contributed by atoms with E-state index in [-0.39, 0.29) is 0 Å². The van der Waals surface area contributed by atoms with Crippen LogP contribution in [-0.2, 0) is 6.54 Å². The Labute approximate surface area is 109 Å². The molecule has 0 aliphatic carbocycles. The summed E-state index contributed by atoms with van der Waals surface area (Å²) >= 11 is 5.32. The topological polar surface area (TPSA) is 32.5 Å². The van der Waals surface area contributed by atoms with Crippen LogP contribution in [0.25, 0.3) is 0 Å². The lowest BCUT2D eigenvalue weighted by atomic mass is 10.1. The average molecular weight is 304 g/mol. The van der Waals surface area contributed by atoms with Crippen LogP contribution in [0.4, 0.5) is 0 Å². The molecule has 1 aliphatic rings. The number of rotatable bonds is 3. The number of nitrogens with two attached hydrogens (primary N) is 1. The van der Waals surface area contributed by atoms with Crippen molar-refractivity contribution in [3.8, 4) is 0 Å². The van der Waals surface area contributed by atoms with Gasteiger partial charge < -0.3 is 10.6 Å². The van der Waals surface area contributed by atoms with Crippen LogP contribution in [-0.4, -0.2) is 49.1 Å². The normalized spacial score (nSPS) is 23.8. The second-order valence-electron chi connectivity index (χ2n) is 4.33. The zero-order valence-corrected chi connectivity index (χ0v) is 11.9. The van der Waals surface area contributed by atoms with Crippen LogP contribution in [0.1, 0.15) is 4.88 Å². The molecule has 2 heterocycles. The summed E-state index contributed by atoms with van der Waals surface area (Å²) in [5.74, 6) is 0. The van der Waals surface area contributed by atoms with Crippen molar-refractivity contribution in [2.75, 3.05) is 33.2 Å². The maximum absolute atomic E-state index is 5.84. The number of piperazine rings is 1. The molecule has 1 aromatic heterocycles. The number of hydrogen-bond donors (Lipinski definition) is 1. The summed E-state index contributed by atoms with van der Waals surface area (Å²) in [4.78, 5) is 6.27. The van der Waals surface area contributed by atoms with Gasteiger partial charge in [0, 0.05) is 43.6 Å². The third-order valence-electron chi connectivity index (χ3n) is 3.07. The minimum atomic E-state index is 0.500. The summed E-state index contributed by atoms with van der Waals surface area (Å²) in [7, 11) is 2.17. The molecule has 0 spiro atoms. The SMILES string of the molecule is CN1CCN(Cc2ccc(Br)s2)C(CN)C1. The third-order valence-corrected chi connectivity index (χ3v) is 4.68. The van der Waals surface area contributed by atoms with E-state index >= 15 is 0 Å². The minimum absolute atomic E-state index is 0.500. The van der Waals surface area contributed by atoms with Crippen LogP contribution in [0.15, 0.2) is 15.9 Å². The molecule has 1 aromatic rings. The van der Waals surface area contributed by atoms with Crippen LogP contribution < -0.4 is 5.73 Å². The molecule has 1 saturated heterocycles. The molecule has 2 rings (SSSR count). The number of thiophene rings is 1. The molecule has 0 amide bonds. The highest BCUT2D eigenvalue weighted by molar-refractivity contribution is 9.11. The first-order valence-electron chi connectivity index (χ1n) is 5.56. The van der Waals surface area contributed by atoms with E-state index in [1.807, 2.05) is 11.3 Å². The second kappa shape index (κ2) is 5.60. The van der Waals surface area contributed by atoms with Crippen LogP contribution in [0, 0.1) is 0 Å². The van der Waals surface area contributed by atoms with Crippen molar-refractivity contribution in [2.24, 2.45) is 5.73 Å². The van der Waals surface area contributed by atoms with Crippen molar-refractivity contribution in [1.29, 1.82) is 0 Å². The molecule has 1 atom stereocenters. The van der Waals surface area contributed by atoms with Gasteiger partial charge in [0.25, 0.3) is 0 Å². The van der Waals surface area contributed by atoms with E-state index in [0.29, 0.717) is 6.04 Å². The Hall–Kier alpha value is 0.0600. The molecule has 1 aliphatic heterocycles. The predicted molar refractivity (Wildman–Crippen MR) is 72.8 cm³/mol. The van der Waals surface area contributed by atoms with E-state index in [4.69, 9.17) is 5.73 Å². The van der Waals surface area contributed by atoms with Gasteiger partial charge in [0.1, 0.15) is 0 Å². The molecule has 16 heavy (non-hydrogen) atoms. The van der Waals surface area contributed by atoms with Gasteiger partial charge in [0.05, 0.1) is 3.79 Å². The maximum atomic E-state index is 5.84. The molecule has 0 radical (unpaired) electrons. The molecular weight excluding hydrogens is 286 g/mol. The lowest BCUT2D eigenvalue weighted by Gasteiger charge is -2.39. The number of likely N-dealkylation sites (N-methyl/N-ethyl adjacent to an activating group) is 1. The largest absolute Gasteiger partial charge is 0.329 e. The average Bonchev–Trinajstić information content (AvgIpc) is 2.67.